The number of ether oxygens (including phenoxy) is 1. The number of pyridine rings is 1. The van der Waals surface area contributed by atoms with Gasteiger partial charge in [0.05, 0.1) is 18.6 Å². The van der Waals surface area contributed by atoms with E-state index in [4.69, 9.17) is 15.3 Å². The molecular weight excluding hydrogens is 464 g/mol. The van der Waals surface area contributed by atoms with E-state index in [1.54, 1.807) is 39.0 Å². The minimum absolute atomic E-state index is 0.0121. The van der Waals surface area contributed by atoms with Gasteiger partial charge in [0.2, 0.25) is 5.91 Å². The van der Waals surface area contributed by atoms with E-state index >= 15 is 0 Å². The smallest absolute Gasteiger partial charge is 0.275 e. The Kier molecular flexibility index (Phi) is 9.18. The molecule has 1 aromatic carbocycles. The highest BCUT2D eigenvalue weighted by molar-refractivity contribution is 7.92. The van der Waals surface area contributed by atoms with Crippen LogP contribution in [0.15, 0.2) is 56.2 Å². The number of methoxy groups -OCH3 is 1. The lowest BCUT2D eigenvalue weighted by atomic mass is 10.2. The zero-order valence-electron chi connectivity index (χ0n) is 19.4. The van der Waals surface area contributed by atoms with Gasteiger partial charge in [-0.3, -0.25) is 14.3 Å². The third kappa shape index (κ3) is 7.62. The summed E-state index contributed by atoms with van der Waals surface area (Å²) in [4.78, 5) is 33.9. The summed E-state index contributed by atoms with van der Waals surface area (Å²) in [5, 5.41) is 6.13. The molecule has 1 heterocycles. The summed E-state index contributed by atoms with van der Waals surface area (Å²) in [5.41, 5.74) is 5.94. The minimum atomic E-state index is -3.97. The molecule has 0 fully saturated rings. The number of aliphatic imine (C=N–C) groups is 1. The van der Waals surface area contributed by atoms with E-state index in [1.165, 1.54) is 29.9 Å². The van der Waals surface area contributed by atoms with Crippen LogP contribution in [-0.2, 0) is 30.9 Å². The summed E-state index contributed by atoms with van der Waals surface area (Å²) in [6, 6.07) is 9.21. The van der Waals surface area contributed by atoms with Gasteiger partial charge in [0, 0.05) is 12.6 Å². The molecule has 0 atom stereocenters. The Labute approximate surface area is 197 Å². The number of rotatable bonds is 9. The highest BCUT2D eigenvalue weighted by Gasteiger charge is 2.18. The summed E-state index contributed by atoms with van der Waals surface area (Å²) >= 11 is 0. The van der Waals surface area contributed by atoms with Gasteiger partial charge in [-0.25, -0.2) is 8.42 Å². The van der Waals surface area contributed by atoms with Gasteiger partial charge in [0.1, 0.15) is 18.8 Å². The second-order valence-electron chi connectivity index (χ2n) is 7.17. The number of aromatic nitrogens is 1. The highest BCUT2D eigenvalue weighted by Crippen LogP contribution is 2.15. The van der Waals surface area contributed by atoms with Gasteiger partial charge < -0.3 is 25.2 Å². The van der Waals surface area contributed by atoms with Gasteiger partial charge in [-0.2, -0.15) is 4.99 Å². The van der Waals surface area contributed by atoms with E-state index in [0.717, 1.165) is 5.56 Å². The summed E-state index contributed by atoms with van der Waals surface area (Å²) in [6.07, 6.45) is 0. The molecule has 12 nitrogen and oxygen atoms in total. The van der Waals surface area contributed by atoms with E-state index in [-0.39, 0.29) is 36.2 Å². The summed E-state index contributed by atoms with van der Waals surface area (Å²) in [6.45, 7) is 4.78. The van der Waals surface area contributed by atoms with Crippen LogP contribution in [0.25, 0.3) is 0 Å². The van der Waals surface area contributed by atoms with E-state index < -0.39 is 21.5 Å². The highest BCUT2D eigenvalue weighted by atomic mass is 32.2. The number of nitrogens with one attached hydrogen (secondary N) is 2. The van der Waals surface area contributed by atoms with E-state index in [9.17, 15) is 18.0 Å². The van der Waals surface area contributed by atoms with Crippen molar-refractivity contribution in [2.75, 3.05) is 25.0 Å². The van der Waals surface area contributed by atoms with Crippen molar-refractivity contribution in [2.24, 2.45) is 15.9 Å². The van der Waals surface area contributed by atoms with Gasteiger partial charge in [0.15, 0.2) is 5.90 Å². The van der Waals surface area contributed by atoms with Crippen molar-refractivity contribution >= 4 is 33.5 Å². The number of hydrogen-bond acceptors (Lipinski definition) is 7. The van der Waals surface area contributed by atoms with Crippen LogP contribution in [0.2, 0.25) is 0 Å². The number of oxime groups is 1. The van der Waals surface area contributed by atoms with Crippen molar-refractivity contribution in [3.05, 3.63) is 58.0 Å². The standard InChI is InChI=1S/C21H28N6O6S/c1-14-6-5-7-17(12-14)34(30,31)26-18-9-8-15(2)27(20(18)29)13-19(28)23-10-11-33-25-21(22)24-16(3)32-4/h5-9,12,26H,10-11,13H2,1-4H3,(H2,22,25)(H,23,28)/b24-16+. The molecule has 0 aliphatic rings. The van der Waals surface area contributed by atoms with Crippen LogP contribution in [0.3, 0.4) is 0 Å². The predicted molar refractivity (Wildman–Crippen MR) is 128 cm³/mol. The topological polar surface area (TPSA) is 166 Å². The molecule has 34 heavy (non-hydrogen) atoms. The number of nitrogens with zero attached hydrogens (tertiary/aromatic N) is 3. The Morgan fingerprint density at radius 2 is 1.94 bits per heavy atom. The van der Waals surface area contributed by atoms with Gasteiger partial charge in [0.25, 0.3) is 21.5 Å². The molecule has 0 saturated carbocycles. The predicted octanol–water partition coefficient (Wildman–Crippen LogP) is 0.693. The summed E-state index contributed by atoms with van der Waals surface area (Å²) < 4.78 is 33.6. The monoisotopic (exact) mass is 492 g/mol. The fraction of sp³-hybridized carbons (Fsp3) is 0.333. The number of carbonyl (C=O) groups excluding carboxylic acids is 1. The molecule has 2 rings (SSSR count). The van der Waals surface area contributed by atoms with Crippen LogP contribution < -0.4 is 21.3 Å². The number of benzene rings is 1. The van der Waals surface area contributed by atoms with Crippen molar-refractivity contribution in [1.82, 2.24) is 9.88 Å². The van der Waals surface area contributed by atoms with E-state index in [0.29, 0.717) is 11.6 Å². The maximum atomic E-state index is 12.8. The Morgan fingerprint density at radius 1 is 1.21 bits per heavy atom. The molecule has 0 bridgehead atoms. The van der Waals surface area contributed by atoms with Crippen LogP contribution >= 0.6 is 0 Å². The van der Waals surface area contributed by atoms with Crippen molar-refractivity contribution in [3.8, 4) is 0 Å². The van der Waals surface area contributed by atoms with E-state index in [1.807, 2.05) is 0 Å². The molecule has 4 N–H and O–H groups in total. The zero-order chi connectivity index (χ0) is 25.3. The maximum absolute atomic E-state index is 12.8. The number of carbonyl (C=O) groups is 1. The molecule has 0 unspecified atom stereocenters. The number of anilines is 1. The quantitative estimate of drug-likeness (QED) is 0.200. The summed E-state index contributed by atoms with van der Waals surface area (Å²) in [5.74, 6) is -0.308. The van der Waals surface area contributed by atoms with Gasteiger partial charge in [-0.1, -0.05) is 12.1 Å². The van der Waals surface area contributed by atoms with Gasteiger partial charge in [-0.15, -0.1) is 0 Å². The first-order chi connectivity index (χ1) is 16.0. The molecule has 0 radical (unpaired) electrons. The molecule has 1 aromatic heterocycles. The van der Waals surface area contributed by atoms with Crippen LogP contribution in [0.1, 0.15) is 18.2 Å². The summed E-state index contributed by atoms with van der Waals surface area (Å²) in [7, 11) is -2.54. The van der Waals surface area contributed by atoms with Crippen molar-refractivity contribution in [3.63, 3.8) is 0 Å². The van der Waals surface area contributed by atoms with Crippen LogP contribution in [-0.4, -0.2) is 51.0 Å². The lowest BCUT2D eigenvalue weighted by molar-refractivity contribution is -0.122. The molecule has 0 aliphatic carbocycles. The number of hydrogen-bond donors (Lipinski definition) is 3. The van der Waals surface area contributed by atoms with Crippen LogP contribution in [0, 0.1) is 13.8 Å². The Bertz CT molecular complexity index is 1250. The Hall–Kier alpha value is -3.87. The molecule has 0 saturated heterocycles. The number of nitrogens with two attached hydrogens (primary N) is 1. The molecule has 13 heteroatoms. The van der Waals surface area contributed by atoms with Gasteiger partial charge >= 0.3 is 0 Å². The normalized spacial score (nSPS) is 12.2. The zero-order valence-corrected chi connectivity index (χ0v) is 20.2. The van der Waals surface area contributed by atoms with Crippen molar-refractivity contribution < 1.29 is 22.8 Å². The van der Waals surface area contributed by atoms with E-state index in [2.05, 4.69) is 20.2 Å². The molecular formula is C21H28N6O6S. The maximum Gasteiger partial charge on any atom is 0.275 e. The fourth-order valence-electron chi connectivity index (χ4n) is 2.71. The first-order valence-electron chi connectivity index (χ1n) is 10.1. The fourth-order valence-corrected chi connectivity index (χ4v) is 3.87. The van der Waals surface area contributed by atoms with Crippen LogP contribution in [0.4, 0.5) is 5.69 Å². The Balaban J connectivity index is 2.01. The largest absolute Gasteiger partial charge is 0.484 e. The van der Waals surface area contributed by atoms with Crippen LogP contribution in [0.5, 0.6) is 0 Å². The molecule has 1 amide bonds. The second-order valence-corrected chi connectivity index (χ2v) is 8.85. The average molecular weight is 493 g/mol. The third-order valence-corrected chi connectivity index (χ3v) is 5.84. The van der Waals surface area contributed by atoms with Crippen molar-refractivity contribution in [1.29, 1.82) is 0 Å². The third-order valence-electron chi connectivity index (χ3n) is 4.48. The number of aryl methyl sites for hydroxylation is 2. The average Bonchev–Trinajstić information content (AvgIpc) is 2.78. The SMILES string of the molecule is CO/C(C)=N/C(N)=N/OCCNC(=O)Cn1c(C)ccc(NS(=O)(=O)c2cccc(C)c2)c1=O. The molecule has 0 spiro atoms. The van der Waals surface area contributed by atoms with Crippen molar-refractivity contribution in [2.45, 2.75) is 32.2 Å². The minimum Gasteiger partial charge on any atom is -0.484 e. The number of amides is 1. The first-order valence-corrected chi connectivity index (χ1v) is 11.6. The second kappa shape index (κ2) is 11.8. The molecule has 2 aromatic rings. The number of sulfonamides is 1. The molecule has 184 valence electrons. The Morgan fingerprint density at radius 3 is 2.62 bits per heavy atom. The first kappa shape index (κ1) is 26.4. The lowest BCUT2D eigenvalue weighted by Crippen LogP contribution is -2.35. The lowest BCUT2D eigenvalue weighted by Gasteiger charge is -2.13. The number of guanidine groups is 1. The van der Waals surface area contributed by atoms with Gasteiger partial charge in [-0.05, 0) is 48.8 Å². The molecule has 0 aliphatic heterocycles.